The highest BCUT2D eigenvalue weighted by atomic mass is 79.9. The predicted molar refractivity (Wildman–Crippen MR) is 92.6 cm³/mol. The Balaban J connectivity index is 1.57. The van der Waals surface area contributed by atoms with Crippen molar-refractivity contribution >= 4 is 27.5 Å². The second-order valence-electron chi connectivity index (χ2n) is 6.50. The minimum atomic E-state index is 0.0354. The van der Waals surface area contributed by atoms with Gasteiger partial charge in [0.2, 0.25) is 0 Å². The maximum atomic E-state index is 6.37. The van der Waals surface area contributed by atoms with Gasteiger partial charge in [-0.2, -0.15) is 0 Å². The van der Waals surface area contributed by atoms with Gasteiger partial charge in [-0.05, 0) is 55.8 Å². The van der Waals surface area contributed by atoms with Gasteiger partial charge >= 0.3 is 0 Å². The quantitative estimate of drug-likeness (QED) is 0.827. The monoisotopic (exact) mass is 370 g/mol. The molecule has 4 heteroatoms. The first-order valence-electron chi connectivity index (χ1n) is 8.09. The van der Waals surface area contributed by atoms with Gasteiger partial charge in [-0.15, -0.1) is 0 Å². The van der Waals surface area contributed by atoms with Crippen LogP contribution in [-0.4, -0.2) is 24.0 Å². The van der Waals surface area contributed by atoms with Crippen molar-refractivity contribution in [3.8, 4) is 0 Å². The Bertz CT molecular complexity index is 494. The van der Waals surface area contributed by atoms with Crippen LogP contribution in [0.25, 0.3) is 0 Å². The second kappa shape index (κ2) is 6.99. The lowest BCUT2D eigenvalue weighted by Crippen LogP contribution is -2.36. The fourth-order valence-electron chi connectivity index (χ4n) is 4.04. The van der Waals surface area contributed by atoms with E-state index in [1.807, 2.05) is 18.2 Å². The van der Waals surface area contributed by atoms with Crippen LogP contribution in [0.4, 0.5) is 0 Å². The van der Waals surface area contributed by atoms with Gasteiger partial charge in [-0.1, -0.05) is 46.4 Å². The van der Waals surface area contributed by atoms with Gasteiger partial charge in [0.1, 0.15) is 0 Å². The minimum absolute atomic E-state index is 0.0354. The van der Waals surface area contributed by atoms with Crippen molar-refractivity contribution in [3.63, 3.8) is 0 Å². The van der Waals surface area contributed by atoms with Crippen LogP contribution in [0.5, 0.6) is 0 Å². The van der Waals surface area contributed by atoms with E-state index in [4.69, 9.17) is 17.3 Å². The molecule has 21 heavy (non-hydrogen) atoms. The first kappa shape index (κ1) is 15.8. The number of hydrogen-bond donors (Lipinski definition) is 1. The zero-order valence-corrected chi connectivity index (χ0v) is 14.7. The third-order valence-electron chi connectivity index (χ3n) is 5.21. The standard InChI is InChI=1S/C17H24BrClN2/c18-13-5-6-14(15(19)11-13)16(20)8-10-21-9-7-12-3-1-2-4-17(12)21/h5-6,11-12,16-17H,1-4,7-10,20H2. The molecular weight excluding hydrogens is 348 g/mol. The van der Waals surface area contributed by atoms with E-state index in [1.165, 1.54) is 38.6 Å². The lowest BCUT2D eigenvalue weighted by atomic mass is 9.85. The molecule has 0 radical (unpaired) electrons. The van der Waals surface area contributed by atoms with Gasteiger partial charge < -0.3 is 10.6 Å². The normalized spacial score (nSPS) is 27.6. The van der Waals surface area contributed by atoms with Crippen LogP contribution in [0, 0.1) is 5.92 Å². The number of rotatable bonds is 4. The van der Waals surface area contributed by atoms with Crippen LogP contribution in [0.2, 0.25) is 5.02 Å². The van der Waals surface area contributed by atoms with Crippen LogP contribution in [0.1, 0.15) is 50.1 Å². The van der Waals surface area contributed by atoms with Crippen LogP contribution in [-0.2, 0) is 0 Å². The van der Waals surface area contributed by atoms with Crippen LogP contribution in [0.3, 0.4) is 0 Å². The maximum absolute atomic E-state index is 6.37. The van der Waals surface area contributed by atoms with Crippen molar-refractivity contribution in [2.24, 2.45) is 11.7 Å². The van der Waals surface area contributed by atoms with Crippen molar-refractivity contribution < 1.29 is 0 Å². The lowest BCUT2D eigenvalue weighted by Gasteiger charge is -2.32. The molecule has 0 aromatic heterocycles. The molecule has 1 aliphatic carbocycles. The summed E-state index contributed by atoms with van der Waals surface area (Å²) >= 11 is 9.75. The Morgan fingerprint density at radius 1 is 1.29 bits per heavy atom. The topological polar surface area (TPSA) is 29.3 Å². The minimum Gasteiger partial charge on any atom is -0.324 e. The number of nitrogens with two attached hydrogens (primary N) is 1. The zero-order valence-electron chi connectivity index (χ0n) is 12.4. The number of halogens is 2. The first-order chi connectivity index (χ1) is 10.1. The molecule has 0 spiro atoms. The Morgan fingerprint density at radius 3 is 2.90 bits per heavy atom. The molecule has 1 aliphatic heterocycles. The SMILES string of the molecule is NC(CCN1CCC2CCCCC21)c1ccc(Br)cc1Cl. The fraction of sp³-hybridized carbons (Fsp3) is 0.647. The van der Waals surface area contributed by atoms with Gasteiger partial charge in [0.25, 0.3) is 0 Å². The maximum Gasteiger partial charge on any atom is 0.0464 e. The van der Waals surface area contributed by atoms with E-state index in [0.717, 1.165) is 40.0 Å². The number of hydrogen-bond acceptors (Lipinski definition) is 2. The van der Waals surface area contributed by atoms with E-state index in [0.29, 0.717) is 0 Å². The largest absolute Gasteiger partial charge is 0.324 e. The highest BCUT2D eigenvalue weighted by molar-refractivity contribution is 9.10. The van der Waals surface area contributed by atoms with E-state index < -0.39 is 0 Å². The highest BCUT2D eigenvalue weighted by Crippen LogP contribution is 2.36. The van der Waals surface area contributed by atoms with Crippen LogP contribution < -0.4 is 5.73 Å². The molecular formula is C17H24BrClN2. The summed E-state index contributed by atoms with van der Waals surface area (Å²) < 4.78 is 1.01. The Hall–Kier alpha value is -0.0900. The summed E-state index contributed by atoms with van der Waals surface area (Å²) in [6.07, 6.45) is 8.04. The second-order valence-corrected chi connectivity index (χ2v) is 7.82. The number of nitrogens with zero attached hydrogens (tertiary/aromatic N) is 1. The molecule has 2 aliphatic rings. The van der Waals surface area contributed by atoms with Gasteiger partial charge in [0.05, 0.1) is 0 Å². The smallest absolute Gasteiger partial charge is 0.0464 e. The molecule has 1 aromatic carbocycles. The van der Waals surface area contributed by atoms with Gasteiger partial charge in [-0.3, -0.25) is 0 Å². The van der Waals surface area contributed by atoms with Gasteiger partial charge in [0.15, 0.2) is 0 Å². The van der Waals surface area contributed by atoms with Gasteiger partial charge in [0, 0.05) is 28.1 Å². The summed E-state index contributed by atoms with van der Waals surface area (Å²) in [6, 6.07) is 6.86. The zero-order chi connectivity index (χ0) is 14.8. The molecule has 1 saturated carbocycles. The summed E-state index contributed by atoms with van der Waals surface area (Å²) in [6.45, 7) is 2.37. The molecule has 0 bridgehead atoms. The molecule has 3 unspecified atom stereocenters. The Labute approximate surface area is 141 Å². The number of likely N-dealkylation sites (tertiary alicyclic amines) is 1. The van der Waals surface area contributed by atoms with E-state index >= 15 is 0 Å². The van der Waals surface area contributed by atoms with Crippen molar-refractivity contribution in [2.45, 2.75) is 50.6 Å². The third kappa shape index (κ3) is 3.64. The molecule has 3 rings (SSSR count). The van der Waals surface area contributed by atoms with Crippen LogP contribution >= 0.6 is 27.5 Å². The molecule has 116 valence electrons. The first-order valence-corrected chi connectivity index (χ1v) is 9.27. The van der Waals surface area contributed by atoms with Crippen molar-refractivity contribution in [1.82, 2.24) is 4.90 Å². The third-order valence-corrected chi connectivity index (χ3v) is 6.03. The molecule has 2 nitrogen and oxygen atoms in total. The van der Waals surface area contributed by atoms with Crippen molar-refractivity contribution in [2.75, 3.05) is 13.1 Å². The molecule has 2 N–H and O–H groups in total. The summed E-state index contributed by atoms with van der Waals surface area (Å²) in [4.78, 5) is 2.68. The lowest BCUT2D eigenvalue weighted by molar-refractivity contribution is 0.178. The fourth-order valence-corrected chi connectivity index (χ4v) is 4.86. The summed E-state index contributed by atoms with van der Waals surface area (Å²) in [5.41, 5.74) is 7.43. The molecule has 2 fully saturated rings. The number of fused-ring (bicyclic) bond motifs is 1. The van der Waals surface area contributed by atoms with Gasteiger partial charge in [-0.25, -0.2) is 0 Å². The molecule has 1 heterocycles. The van der Waals surface area contributed by atoms with E-state index in [-0.39, 0.29) is 6.04 Å². The Morgan fingerprint density at radius 2 is 2.10 bits per heavy atom. The summed E-state index contributed by atoms with van der Waals surface area (Å²) in [7, 11) is 0. The number of benzene rings is 1. The van der Waals surface area contributed by atoms with Crippen LogP contribution in [0.15, 0.2) is 22.7 Å². The van der Waals surface area contributed by atoms with Crippen molar-refractivity contribution in [1.29, 1.82) is 0 Å². The predicted octanol–water partition coefficient (Wildman–Crippen LogP) is 4.76. The highest BCUT2D eigenvalue weighted by Gasteiger charge is 2.35. The average molecular weight is 372 g/mol. The van der Waals surface area contributed by atoms with E-state index in [2.05, 4.69) is 20.8 Å². The van der Waals surface area contributed by atoms with E-state index in [9.17, 15) is 0 Å². The molecule has 1 aromatic rings. The molecule has 0 amide bonds. The van der Waals surface area contributed by atoms with Crippen molar-refractivity contribution in [3.05, 3.63) is 33.3 Å². The van der Waals surface area contributed by atoms with E-state index in [1.54, 1.807) is 0 Å². The summed E-state index contributed by atoms with van der Waals surface area (Å²) in [5, 5.41) is 0.772. The molecule has 1 saturated heterocycles. The Kier molecular flexibility index (Phi) is 5.26. The molecule has 3 atom stereocenters. The summed E-state index contributed by atoms with van der Waals surface area (Å²) in [5.74, 6) is 0.950. The average Bonchev–Trinajstić information content (AvgIpc) is 2.88.